The van der Waals surface area contributed by atoms with Crippen LogP contribution in [-0.2, 0) is 0 Å². The van der Waals surface area contributed by atoms with Crippen LogP contribution < -0.4 is 0 Å². The van der Waals surface area contributed by atoms with E-state index in [2.05, 4.69) is 60.7 Å². The molecule has 0 radical (unpaired) electrons. The fourth-order valence-electron chi connectivity index (χ4n) is 1.16. The number of rotatable bonds is 5. The molecule has 0 aliphatic heterocycles. The third-order valence-electron chi connectivity index (χ3n) is 2.46. The number of hydrogen-bond donors (Lipinski definition) is 0. The average molecular weight is 233 g/mol. The molecule has 0 fully saturated rings. The van der Waals surface area contributed by atoms with Gasteiger partial charge in [0.25, 0.3) is 0 Å². The van der Waals surface area contributed by atoms with Crippen LogP contribution in [0.4, 0.5) is 0 Å². The highest BCUT2D eigenvalue weighted by molar-refractivity contribution is 7.10. The van der Waals surface area contributed by atoms with Crippen LogP contribution in [0, 0.1) is 5.92 Å². The second-order valence-electron chi connectivity index (χ2n) is 3.74. The van der Waals surface area contributed by atoms with Gasteiger partial charge >= 0.3 is 0 Å². The lowest BCUT2D eigenvalue weighted by molar-refractivity contribution is 0.699. The third kappa shape index (κ3) is 4.58. The molecule has 86 valence electrons. The van der Waals surface area contributed by atoms with E-state index in [0.717, 1.165) is 5.71 Å². The zero-order valence-corrected chi connectivity index (χ0v) is 11.0. The van der Waals surface area contributed by atoms with Gasteiger partial charge in [0.2, 0.25) is 0 Å². The molecule has 0 amide bonds. The van der Waals surface area contributed by atoms with Gasteiger partial charge in [-0.3, -0.25) is 4.99 Å². The maximum atomic E-state index is 4.24. The Kier molecular flexibility index (Phi) is 5.79. The van der Waals surface area contributed by atoms with Gasteiger partial charge in [0, 0.05) is 11.9 Å². The first-order chi connectivity index (χ1) is 7.76. The molecule has 0 aliphatic carbocycles. The van der Waals surface area contributed by atoms with Crippen LogP contribution in [0.3, 0.4) is 0 Å². The molecule has 0 spiro atoms. The summed E-state index contributed by atoms with van der Waals surface area (Å²) in [7, 11) is 1.83. The SMILES string of the molecule is CCC(C)/C=C\C(/C=C/c1cccs1)=NC. The van der Waals surface area contributed by atoms with Crippen LogP contribution in [0.15, 0.2) is 40.7 Å². The van der Waals surface area contributed by atoms with E-state index in [9.17, 15) is 0 Å². The molecular weight excluding hydrogens is 214 g/mol. The number of allylic oxidation sites excluding steroid dienone is 3. The maximum absolute atomic E-state index is 4.24. The minimum Gasteiger partial charge on any atom is -0.289 e. The second kappa shape index (κ2) is 7.18. The standard InChI is InChI=1S/C14H19NS/c1-4-12(2)7-8-13(15-3)9-10-14-6-5-11-16-14/h5-12H,4H2,1-3H3/b8-7-,10-9+,15-13?. The zero-order valence-electron chi connectivity index (χ0n) is 10.2. The summed E-state index contributed by atoms with van der Waals surface area (Å²) in [5, 5.41) is 2.08. The summed E-state index contributed by atoms with van der Waals surface area (Å²) in [5.74, 6) is 0.617. The van der Waals surface area contributed by atoms with Crippen molar-refractivity contribution in [2.24, 2.45) is 10.9 Å². The van der Waals surface area contributed by atoms with Crippen molar-refractivity contribution in [2.75, 3.05) is 7.05 Å². The van der Waals surface area contributed by atoms with Gasteiger partial charge in [-0.1, -0.05) is 32.4 Å². The molecule has 1 unspecified atom stereocenters. The number of nitrogens with zero attached hydrogens (tertiary/aromatic N) is 1. The summed E-state index contributed by atoms with van der Waals surface area (Å²) in [4.78, 5) is 5.50. The summed E-state index contributed by atoms with van der Waals surface area (Å²) in [6.45, 7) is 4.41. The van der Waals surface area contributed by atoms with Crippen LogP contribution >= 0.6 is 11.3 Å². The minimum atomic E-state index is 0.617. The van der Waals surface area contributed by atoms with Gasteiger partial charge in [-0.05, 0) is 35.6 Å². The van der Waals surface area contributed by atoms with Gasteiger partial charge < -0.3 is 0 Å². The molecule has 1 rings (SSSR count). The molecule has 1 nitrogen and oxygen atoms in total. The molecule has 16 heavy (non-hydrogen) atoms. The fourth-order valence-corrected chi connectivity index (χ4v) is 1.78. The van der Waals surface area contributed by atoms with Gasteiger partial charge in [0.05, 0.1) is 5.71 Å². The predicted molar refractivity (Wildman–Crippen MR) is 75.3 cm³/mol. The molecule has 0 bridgehead atoms. The molecule has 1 aromatic heterocycles. The number of thiophene rings is 1. The van der Waals surface area contributed by atoms with Crippen molar-refractivity contribution in [3.63, 3.8) is 0 Å². The Bertz CT molecular complexity index is 371. The van der Waals surface area contributed by atoms with Gasteiger partial charge in [0.1, 0.15) is 0 Å². The summed E-state index contributed by atoms with van der Waals surface area (Å²) in [5.41, 5.74) is 1.02. The normalized spacial score (nSPS) is 15.1. The van der Waals surface area contributed by atoms with Crippen molar-refractivity contribution >= 4 is 23.1 Å². The Labute approximate surface area is 102 Å². The maximum Gasteiger partial charge on any atom is 0.0568 e. The topological polar surface area (TPSA) is 12.4 Å². The van der Waals surface area contributed by atoms with E-state index in [4.69, 9.17) is 0 Å². The molecule has 0 N–H and O–H groups in total. The molecule has 1 atom stereocenters. The van der Waals surface area contributed by atoms with Crippen molar-refractivity contribution < 1.29 is 0 Å². The Morgan fingerprint density at radius 2 is 2.31 bits per heavy atom. The van der Waals surface area contributed by atoms with E-state index in [1.54, 1.807) is 11.3 Å². The van der Waals surface area contributed by atoms with Crippen molar-refractivity contribution in [2.45, 2.75) is 20.3 Å². The number of hydrogen-bond acceptors (Lipinski definition) is 2. The molecule has 0 saturated carbocycles. The summed E-state index contributed by atoms with van der Waals surface area (Å²) in [6, 6.07) is 4.16. The predicted octanol–water partition coefficient (Wildman–Crippen LogP) is 4.43. The highest BCUT2D eigenvalue weighted by Gasteiger charge is 1.92. The number of aliphatic imine (C=N–C) groups is 1. The monoisotopic (exact) mass is 233 g/mol. The van der Waals surface area contributed by atoms with Crippen molar-refractivity contribution in [3.8, 4) is 0 Å². The minimum absolute atomic E-state index is 0.617. The summed E-state index contributed by atoms with van der Waals surface area (Å²) in [6.07, 6.45) is 9.64. The lowest BCUT2D eigenvalue weighted by Crippen LogP contribution is -1.90. The van der Waals surface area contributed by atoms with E-state index in [1.165, 1.54) is 11.3 Å². The van der Waals surface area contributed by atoms with Crippen molar-refractivity contribution in [1.82, 2.24) is 0 Å². The fraction of sp³-hybridized carbons (Fsp3) is 0.357. The zero-order chi connectivity index (χ0) is 11.8. The first kappa shape index (κ1) is 12.9. The van der Waals surface area contributed by atoms with Crippen LogP contribution in [-0.4, -0.2) is 12.8 Å². The Morgan fingerprint density at radius 1 is 1.50 bits per heavy atom. The van der Waals surface area contributed by atoms with Crippen LogP contribution in [0.2, 0.25) is 0 Å². The molecule has 1 aromatic rings. The van der Waals surface area contributed by atoms with E-state index in [-0.39, 0.29) is 0 Å². The van der Waals surface area contributed by atoms with Crippen LogP contribution in [0.25, 0.3) is 6.08 Å². The molecular formula is C14H19NS. The van der Waals surface area contributed by atoms with Gasteiger partial charge in [-0.15, -0.1) is 11.3 Å². The smallest absolute Gasteiger partial charge is 0.0568 e. The largest absolute Gasteiger partial charge is 0.289 e. The second-order valence-corrected chi connectivity index (χ2v) is 4.72. The first-order valence-corrected chi connectivity index (χ1v) is 6.50. The molecule has 0 saturated heterocycles. The van der Waals surface area contributed by atoms with E-state index >= 15 is 0 Å². The molecule has 2 heteroatoms. The van der Waals surface area contributed by atoms with Crippen LogP contribution in [0.5, 0.6) is 0 Å². The highest BCUT2D eigenvalue weighted by atomic mass is 32.1. The third-order valence-corrected chi connectivity index (χ3v) is 3.30. The highest BCUT2D eigenvalue weighted by Crippen LogP contribution is 2.10. The van der Waals surface area contributed by atoms with Gasteiger partial charge in [-0.25, -0.2) is 0 Å². The van der Waals surface area contributed by atoms with Crippen LogP contribution in [0.1, 0.15) is 25.1 Å². The van der Waals surface area contributed by atoms with Gasteiger partial charge in [0.15, 0.2) is 0 Å². The van der Waals surface area contributed by atoms with E-state index in [0.29, 0.717) is 5.92 Å². The Balaban J connectivity index is 2.60. The quantitative estimate of drug-likeness (QED) is 0.667. The summed E-state index contributed by atoms with van der Waals surface area (Å²) >= 11 is 1.74. The van der Waals surface area contributed by atoms with Crippen molar-refractivity contribution in [3.05, 3.63) is 40.6 Å². The molecule has 0 aromatic carbocycles. The average Bonchev–Trinajstić information content (AvgIpc) is 2.81. The Hall–Kier alpha value is -1.15. The lowest BCUT2D eigenvalue weighted by Gasteiger charge is -1.99. The Morgan fingerprint density at radius 3 is 2.88 bits per heavy atom. The molecule has 0 aliphatic rings. The molecule has 1 heterocycles. The van der Waals surface area contributed by atoms with E-state index in [1.807, 2.05) is 7.05 Å². The van der Waals surface area contributed by atoms with Crippen molar-refractivity contribution in [1.29, 1.82) is 0 Å². The van der Waals surface area contributed by atoms with E-state index < -0.39 is 0 Å². The first-order valence-electron chi connectivity index (χ1n) is 5.62. The summed E-state index contributed by atoms with van der Waals surface area (Å²) < 4.78 is 0. The lowest BCUT2D eigenvalue weighted by atomic mass is 10.1. The van der Waals surface area contributed by atoms with Gasteiger partial charge in [-0.2, -0.15) is 0 Å².